The van der Waals surface area contributed by atoms with Gasteiger partial charge in [0, 0.05) is 18.5 Å². The quantitative estimate of drug-likeness (QED) is 0.832. The minimum absolute atomic E-state index is 0.561. The fourth-order valence-electron chi connectivity index (χ4n) is 2.10. The number of hydrogen-bond donors (Lipinski definition) is 1. The van der Waals surface area contributed by atoms with Gasteiger partial charge in [0.25, 0.3) is 0 Å². The van der Waals surface area contributed by atoms with Crippen molar-refractivity contribution in [1.29, 1.82) is 0 Å². The molecule has 0 radical (unpaired) electrons. The van der Waals surface area contributed by atoms with Crippen molar-refractivity contribution in [1.82, 2.24) is 5.32 Å². The van der Waals surface area contributed by atoms with Gasteiger partial charge in [-0.15, -0.1) is 0 Å². The zero-order chi connectivity index (χ0) is 13.1. The fourth-order valence-corrected chi connectivity index (χ4v) is 2.10. The van der Waals surface area contributed by atoms with Crippen LogP contribution in [0.25, 0.3) is 0 Å². The van der Waals surface area contributed by atoms with E-state index in [1.165, 1.54) is 29.5 Å². The first-order valence-corrected chi connectivity index (χ1v) is 7.00. The maximum Gasteiger partial charge on any atom is 0.122 e. The highest BCUT2D eigenvalue weighted by Crippen LogP contribution is 2.24. The lowest BCUT2D eigenvalue weighted by Crippen LogP contribution is -2.26. The molecule has 1 N–H and O–H groups in total. The van der Waals surface area contributed by atoms with Crippen molar-refractivity contribution in [2.24, 2.45) is 5.92 Å². The van der Waals surface area contributed by atoms with Gasteiger partial charge >= 0.3 is 0 Å². The molecular formula is C16H25NO. The first-order valence-electron chi connectivity index (χ1n) is 7.00. The Hall–Kier alpha value is -1.02. The molecule has 0 saturated heterocycles. The average Bonchev–Trinajstić information content (AvgIpc) is 3.13. The van der Waals surface area contributed by atoms with E-state index in [4.69, 9.17) is 4.74 Å². The normalized spacial score (nSPS) is 16.7. The highest BCUT2D eigenvalue weighted by atomic mass is 16.5. The molecular weight excluding hydrogens is 222 g/mol. The Kier molecular flexibility index (Phi) is 4.28. The van der Waals surface area contributed by atoms with Crippen LogP contribution < -0.4 is 10.1 Å². The van der Waals surface area contributed by atoms with E-state index in [1.54, 1.807) is 0 Å². The Morgan fingerprint density at radius 3 is 2.67 bits per heavy atom. The van der Waals surface area contributed by atoms with Crippen LogP contribution in [0.4, 0.5) is 0 Å². The van der Waals surface area contributed by atoms with E-state index >= 15 is 0 Å². The van der Waals surface area contributed by atoms with Crippen molar-refractivity contribution in [2.45, 2.75) is 46.6 Å². The maximum atomic E-state index is 5.97. The van der Waals surface area contributed by atoms with Crippen molar-refractivity contribution in [2.75, 3.05) is 13.2 Å². The largest absolute Gasteiger partial charge is 0.493 e. The summed E-state index contributed by atoms with van der Waals surface area (Å²) in [5.41, 5.74) is 3.86. The van der Waals surface area contributed by atoms with E-state index in [2.05, 4.69) is 45.1 Å². The molecule has 1 fully saturated rings. The SMILES string of the molecule is Cc1cc(C)c(C)c(OCC(C)CNC2CC2)c1. The predicted molar refractivity (Wildman–Crippen MR) is 76.3 cm³/mol. The summed E-state index contributed by atoms with van der Waals surface area (Å²) in [4.78, 5) is 0. The molecule has 1 aliphatic rings. The minimum atomic E-state index is 0.561. The molecule has 0 amide bonds. The lowest BCUT2D eigenvalue weighted by molar-refractivity contribution is 0.253. The smallest absolute Gasteiger partial charge is 0.122 e. The van der Waals surface area contributed by atoms with Crippen molar-refractivity contribution < 1.29 is 4.74 Å². The third-order valence-corrected chi connectivity index (χ3v) is 3.62. The summed E-state index contributed by atoms with van der Waals surface area (Å²) in [5.74, 6) is 1.61. The van der Waals surface area contributed by atoms with E-state index in [0.717, 1.165) is 24.9 Å². The van der Waals surface area contributed by atoms with Crippen molar-refractivity contribution >= 4 is 0 Å². The molecule has 18 heavy (non-hydrogen) atoms. The van der Waals surface area contributed by atoms with Crippen molar-refractivity contribution in [3.05, 3.63) is 28.8 Å². The molecule has 0 bridgehead atoms. The lowest BCUT2D eigenvalue weighted by atomic mass is 10.1. The minimum Gasteiger partial charge on any atom is -0.493 e. The molecule has 2 heteroatoms. The molecule has 1 atom stereocenters. The Labute approximate surface area is 111 Å². The molecule has 0 aliphatic heterocycles. The Balaban J connectivity index is 1.84. The van der Waals surface area contributed by atoms with Gasteiger partial charge in [-0.2, -0.15) is 0 Å². The summed E-state index contributed by atoms with van der Waals surface area (Å²) in [7, 11) is 0. The van der Waals surface area contributed by atoms with Crippen LogP contribution in [0.2, 0.25) is 0 Å². The van der Waals surface area contributed by atoms with Crippen molar-refractivity contribution in [3.8, 4) is 5.75 Å². The summed E-state index contributed by atoms with van der Waals surface area (Å²) in [6.45, 7) is 10.5. The molecule has 2 nitrogen and oxygen atoms in total. The Bertz CT molecular complexity index is 410. The van der Waals surface area contributed by atoms with E-state index in [-0.39, 0.29) is 0 Å². The highest BCUT2D eigenvalue weighted by molar-refractivity contribution is 5.41. The number of aryl methyl sites for hydroxylation is 2. The molecule has 2 rings (SSSR count). The van der Waals surface area contributed by atoms with Gasteiger partial charge in [-0.1, -0.05) is 13.0 Å². The van der Waals surface area contributed by atoms with E-state index in [0.29, 0.717) is 5.92 Å². The van der Waals surface area contributed by atoms with Gasteiger partial charge in [0.1, 0.15) is 5.75 Å². The van der Waals surface area contributed by atoms with Gasteiger partial charge in [-0.3, -0.25) is 0 Å². The van der Waals surface area contributed by atoms with Gasteiger partial charge < -0.3 is 10.1 Å². The van der Waals surface area contributed by atoms with E-state index in [1.807, 2.05) is 0 Å². The first kappa shape index (κ1) is 13.4. The Morgan fingerprint density at radius 2 is 2.00 bits per heavy atom. The molecule has 1 saturated carbocycles. The van der Waals surface area contributed by atoms with Gasteiger partial charge in [0.2, 0.25) is 0 Å². The first-order chi connectivity index (χ1) is 8.56. The van der Waals surface area contributed by atoms with E-state index < -0.39 is 0 Å². The summed E-state index contributed by atoms with van der Waals surface area (Å²) >= 11 is 0. The summed E-state index contributed by atoms with van der Waals surface area (Å²) in [6.07, 6.45) is 2.70. The molecule has 0 aromatic heterocycles. The Morgan fingerprint density at radius 1 is 1.28 bits per heavy atom. The summed E-state index contributed by atoms with van der Waals surface area (Å²) in [5, 5.41) is 3.55. The van der Waals surface area contributed by atoms with Crippen LogP contribution in [-0.2, 0) is 0 Å². The fraction of sp³-hybridized carbons (Fsp3) is 0.625. The molecule has 1 aromatic carbocycles. The van der Waals surface area contributed by atoms with Gasteiger partial charge in [-0.25, -0.2) is 0 Å². The number of nitrogens with one attached hydrogen (secondary N) is 1. The lowest BCUT2D eigenvalue weighted by Gasteiger charge is -2.16. The third-order valence-electron chi connectivity index (χ3n) is 3.62. The van der Waals surface area contributed by atoms with Crippen LogP contribution in [0.3, 0.4) is 0 Å². The van der Waals surface area contributed by atoms with E-state index in [9.17, 15) is 0 Å². The zero-order valence-electron chi connectivity index (χ0n) is 12.0. The maximum absolute atomic E-state index is 5.97. The number of ether oxygens (including phenoxy) is 1. The van der Waals surface area contributed by atoms with Gasteiger partial charge in [0.15, 0.2) is 0 Å². The highest BCUT2D eigenvalue weighted by Gasteiger charge is 2.20. The summed E-state index contributed by atoms with van der Waals surface area (Å²) in [6, 6.07) is 5.14. The summed E-state index contributed by atoms with van der Waals surface area (Å²) < 4.78 is 5.97. The number of hydrogen-bond acceptors (Lipinski definition) is 2. The standard InChI is InChI=1S/C16H25NO/c1-11-7-13(3)14(4)16(8-11)18-10-12(2)9-17-15-5-6-15/h7-8,12,15,17H,5-6,9-10H2,1-4H3. The monoisotopic (exact) mass is 247 g/mol. The van der Waals surface area contributed by atoms with Crippen molar-refractivity contribution in [3.63, 3.8) is 0 Å². The zero-order valence-corrected chi connectivity index (χ0v) is 12.0. The van der Waals surface area contributed by atoms with Crippen LogP contribution in [0.5, 0.6) is 5.75 Å². The van der Waals surface area contributed by atoms with Crippen LogP contribution >= 0.6 is 0 Å². The molecule has 0 heterocycles. The topological polar surface area (TPSA) is 21.3 Å². The third kappa shape index (κ3) is 3.74. The molecule has 100 valence electrons. The molecule has 0 spiro atoms. The number of rotatable bonds is 6. The second-order valence-corrected chi connectivity index (χ2v) is 5.80. The van der Waals surface area contributed by atoms with Crippen LogP contribution in [-0.4, -0.2) is 19.2 Å². The number of benzene rings is 1. The molecule has 1 aromatic rings. The van der Waals surface area contributed by atoms with Crippen LogP contribution in [0.15, 0.2) is 12.1 Å². The molecule has 1 unspecified atom stereocenters. The van der Waals surface area contributed by atoms with Crippen LogP contribution in [0, 0.1) is 26.7 Å². The van der Waals surface area contributed by atoms with Gasteiger partial charge in [0.05, 0.1) is 6.61 Å². The molecule has 1 aliphatic carbocycles. The second kappa shape index (κ2) is 5.75. The second-order valence-electron chi connectivity index (χ2n) is 5.80. The van der Waals surface area contributed by atoms with Crippen LogP contribution in [0.1, 0.15) is 36.5 Å². The van der Waals surface area contributed by atoms with Gasteiger partial charge in [-0.05, 0) is 56.4 Å². The average molecular weight is 247 g/mol. The predicted octanol–water partition coefficient (Wildman–Crippen LogP) is 3.38.